The van der Waals surface area contributed by atoms with Crippen molar-refractivity contribution < 1.29 is 28.5 Å². The molecular weight excluding hydrogens is 357 g/mol. The summed E-state index contributed by atoms with van der Waals surface area (Å²) < 4.78 is 39.6. The number of aliphatic hydroxyl groups is 3. The van der Waals surface area contributed by atoms with Crippen LogP contribution in [0.2, 0.25) is 0 Å². The number of unbranched alkanes of at least 4 members (excludes halogenated alkanes) is 7. The molecule has 3 nitrogen and oxygen atoms in total. The van der Waals surface area contributed by atoms with Crippen molar-refractivity contribution in [2.24, 2.45) is 5.92 Å². The molecule has 1 aromatic carbocycles. The molecule has 0 amide bonds. The quantitative estimate of drug-likeness (QED) is 0.232. The Bertz CT molecular complexity index is 544. The monoisotopic (exact) mass is 390 g/mol. The van der Waals surface area contributed by atoms with Crippen molar-refractivity contribution in [3.05, 3.63) is 35.1 Å². The molecule has 0 aliphatic heterocycles. The minimum atomic E-state index is -2.68. The summed E-state index contributed by atoms with van der Waals surface area (Å²) in [5, 5.41) is 28.6. The van der Waals surface area contributed by atoms with Gasteiger partial charge in [-0.1, -0.05) is 58.3 Å². The Labute approximate surface area is 160 Å². The first-order valence-electron chi connectivity index (χ1n) is 10.1. The van der Waals surface area contributed by atoms with E-state index in [9.17, 15) is 28.5 Å². The molecular formula is C21H33F3O3. The van der Waals surface area contributed by atoms with Crippen LogP contribution in [0.5, 0.6) is 0 Å². The smallest absolute Gasteiger partial charge is 0.278 e. The number of hydrogen-bond donors (Lipinski definition) is 3. The molecule has 156 valence electrons. The zero-order chi connectivity index (χ0) is 20.3. The molecule has 0 aliphatic carbocycles. The van der Waals surface area contributed by atoms with Gasteiger partial charge in [-0.05, 0) is 37.3 Å². The van der Waals surface area contributed by atoms with Crippen molar-refractivity contribution in [3.63, 3.8) is 0 Å². The van der Waals surface area contributed by atoms with Gasteiger partial charge in [-0.25, -0.2) is 13.2 Å². The zero-order valence-corrected chi connectivity index (χ0v) is 16.2. The molecule has 0 fully saturated rings. The topological polar surface area (TPSA) is 60.7 Å². The predicted molar refractivity (Wildman–Crippen MR) is 99.4 cm³/mol. The van der Waals surface area contributed by atoms with Crippen molar-refractivity contribution >= 4 is 0 Å². The lowest BCUT2D eigenvalue weighted by Crippen LogP contribution is -2.37. The molecule has 1 aromatic rings. The molecule has 0 aromatic heterocycles. The second-order valence-electron chi connectivity index (χ2n) is 7.40. The van der Waals surface area contributed by atoms with Gasteiger partial charge in [0.1, 0.15) is 5.82 Å². The summed E-state index contributed by atoms with van der Waals surface area (Å²) in [7, 11) is 0. The fraction of sp³-hybridized carbons (Fsp3) is 0.714. The Balaban J connectivity index is 2.30. The fourth-order valence-electron chi connectivity index (χ4n) is 3.34. The highest BCUT2D eigenvalue weighted by Crippen LogP contribution is 2.26. The molecule has 1 rings (SSSR count). The fourth-order valence-corrected chi connectivity index (χ4v) is 3.34. The van der Waals surface area contributed by atoms with Gasteiger partial charge in [0.05, 0.1) is 0 Å². The maximum atomic E-state index is 13.6. The van der Waals surface area contributed by atoms with Gasteiger partial charge in [-0.2, -0.15) is 0 Å². The van der Waals surface area contributed by atoms with Crippen LogP contribution in [0.3, 0.4) is 0 Å². The molecule has 0 saturated carbocycles. The summed E-state index contributed by atoms with van der Waals surface area (Å²) in [6.07, 6.45) is 9.62. The summed E-state index contributed by atoms with van der Waals surface area (Å²) in [6.45, 7) is 2.15. The minimum Gasteiger partial charge on any atom is -0.343 e. The lowest BCUT2D eigenvalue weighted by Gasteiger charge is -2.26. The van der Waals surface area contributed by atoms with Gasteiger partial charge in [-0.15, -0.1) is 0 Å². The maximum absolute atomic E-state index is 13.6. The van der Waals surface area contributed by atoms with Crippen molar-refractivity contribution in [2.45, 2.75) is 89.9 Å². The second kappa shape index (κ2) is 12.4. The molecule has 6 heteroatoms. The third kappa shape index (κ3) is 9.58. The van der Waals surface area contributed by atoms with Crippen LogP contribution in [0.15, 0.2) is 12.1 Å². The van der Waals surface area contributed by atoms with Gasteiger partial charge in [0.2, 0.25) is 0 Å². The molecule has 0 aliphatic rings. The number of aryl methyl sites for hydroxylation is 1. The lowest BCUT2D eigenvalue weighted by atomic mass is 9.92. The molecule has 0 bridgehead atoms. The highest BCUT2D eigenvalue weighted by molar-refractivity contribution is 5.20. The summed E-state index contributed by atoms with van der Waals surface area (Å²) in [6, 6.07) is 1.44. The Morgan fingerprint density at radius 3 is 1.85 bits per heavy atom. The minimum absolute atomic E-state index is 0.137. The van der Waals surface area contributed by atoms with Gasteiger partial charge >= 0.3 is 0 Å². The summed E-state index contributed by atoms with van der Waals surface area (Å²) in [5.41, 5.74) is 0.137. The van der Waals surface area contributed by atoms with E-state index in [0.29, 0.717) is 38.2 Å². The molecule has 0 heterocycles. The van der Waals surface area contributed by atoms with Gasteiger partial charge < -0.3 is 15.3 Å². The number of halogens is 3. The van der Waals surface area contributed by atoms with Crippen LogP contribution in [0, 0.1) is 23.4 Å². The van der Waals surface area contributed by atoms with Crippen LogP contribution in [-0.2, 0) is 6.42 Å². The zero-order valence-electron chi connectivity index (χ0n) is 16.2. The first kappa shape index (κ1) is 23.9. The molecule has 27 heavy (non-hydrogen) atoms. The van der Waals surface area contributed by atoms with E-state index in [1.54, 1.807) is 0 Å². The van der Waals surface area contributed by atoms with Gasteiger partial charge in [0, 0.05) is 12.0 Å². The molecule has 1 atom stereocenters. The molecule has 3 N–H and O–H groups in total. The van der Waals surface area contributed by atoms with Crippen molar-refractivity contribution in [1.29, 1.82) is 0 Å². The summed E-state index contributed by atoms with van der Waals surface area (Å²) in [5.74, 6) is -6.32. The number of benzene rings is 1. The Morgan fingerprint density at radius 2 is 1.26 bits per heavy atom. The predicted octanol–water partition coefficient (Wildman–Crippen LogP) is 5.20. The summed E-state index contributed by atoms with van der Waals surface area (Å²) >= 11 is 0. The van der Waals surface area contributed by atoms with Crippen LogP contribution < -0.4 is 0 Å². The number of hydrogen-bond acceptors (Lipinski definition) is 3. The van der Waals surface area contributed by atoms with E-state index < -0.39 is 29.3 Å². The standard InChI is InChI=1S/C21H33F3O3/c1-2-3-4-5-6-9-12-17(21(25,26)27)13-10-7-8-11-16-14-19(23)20(24)15-18(16)22/h14-15,17,25-27H,2-13H2,1H3. The normalized spacial score (nSPS) is 13.1. The maximum Gasteiger partial charge on any atom is 0.278 e. The number of rotatable bonds is 14. The van der Waals surface area contributed by atoms with Crippen LogP contribution in [-0.4, -0.2) is 21.3 Å². The van der Waals surface area contributed by atoms with E-state index in [1.165, 1.54) is 19.3 Å². The van der Waals surface area contributed by atoms with Crippen molar-refractivity contribution in [3.8, 4) is 0 Å². The van der Waals surface area contributed by atoms with E-state index >= 15 is 0 Å². The third-order valence-electron chi connectivity index (χ3n) is 5.04. The first-order chi connectivity index (χ1) is 12.8. The van der Waals surface area contributed by atoms with Gasteiger partial charge in [-0.3, -0.25) is 0 Å². The van der Waals surface area contributed by atoms with E-state index in [1.807, 2.05) is 0 Å². The highest BCUT2D eigenvalue weighted by atomic mass is 19.2. The Kier molecular flexibility index (Phi) is 11.0. The van der Waals surface area contributed by atoms with Crippen molar-refractivity contribution in [2.75, 3.05) is 0 Å². The van der Waals surface area contributed by atoms with E-state index in [4.69, 9.17) is 0 Å². The lowest BCUT2D eigenvalue weighted by molar-refractivity contribution is -0.344. The molecule has 0 saturated heterocycles. The molecule has 0 spiro atoms. The van der Waals surface area contributed by atoms with Gasteiger partial charge in [0.15, 0.2) is 11.6 Å². The van der Waals surface area contributed by atoms with Crippen LogP contribution in [0.1, 0.15) is 83.1 Å². The summed E-state index contributed by atoms with van der Waals surface area (Å²) in [4.78, 5) is 0. The average molecular weight is 390 g/mol. The van der Waals surface area contributed by atoms with Crippen molar-refractivity contribution in [1.82, 2.24) is 0 Å². The van der Waals surface area contributed by atoms with Crippen LogP contribution in [0.25, 0.3) is 0 Å². The molecule has 1 unspecified atom stereocenters. The van der Waals surface area contributed by atoms with E-state index in [-0.39, 0.29) is 12.0 Å². The Morgan fingerprint density at radius 1 is 0.741 bits per heavy atom. The molecule has 0 radical (unpaired) electrons. The largest absolute Gasteiger partial charge is 0.343 e. The second-order valence-corrected chi connectivity index (χ2v) is 7.40. The Hall–Kier alpha value is -1.11. The van der Waals surface area contributed by atoms with Crippen LogP contribution in [0.4, 0.5) is 13.2 Å². The van der Waals surface area contributed by atoms with E-state index in [0.717, 1.165) is 25.3 Å². The van der Waals surface area contributed by atoms with E-state index in [2.05, 4.69) is 6.92 Å². The first-order valence-corrected chi connectivity index (χ1v) is 10.1. The van der Waals surface area contributed by atoms with Gasteiger partial charge in [0.25, 0.3) is 5.97 Å². The van der Waals surface area contributed by atoms with Crippen LogP contribution >= 0.6 is 0 Å². The average Bonchev–Trinajstić information content (AvgIpc) is 2.59. The highest BCUT2D eigenvalue weighted by Gasteiger charge is 2.30. The third-order valence-corrected chi connectivity index (χ3v) is 5.04. The SMILES string of the molecule is CCCCCCCCC(CCCCCc1cc(F)c(F)cc1F)C(O)(O)O.